The van der Waals surface area contributed by atoms with E-state index in [-0.39, 0.29) is 18.4 Å². The zero-order chi connectivity index (χ0) is 13.7. The molecular formula is C12H9F3N2O2. The van der Waals surface area contributed by atoms with Crippen molar-refractivity contribution >= 4 is 0 Å². The number of benzene rings is 1. The van der Waals surface area contributed by atoms with Crippen LogP contribution in [0.25, 0.3) is 0 Å². The van der Waals surface area contributed by atoms with Crippen molar-refractivity contribution in [1.82, 2.24) is 9.97 Å². The molecule has 0 bridgehead atoms. The molecule has 0 aliphatic heterocycles. The lowest BCUT2D eigenvalue weighted by Crippen LogP contribution is -2.17. The number of rotatable bonds is 4. The van der Waals surface area contributed by atoms with Crippen molar-refractivity contribution in [2.75, 3.05) is 0 Å². The van der Waals surface area contributed by atoms with Gasteiger partial charge in [0.15, 0.2) is 0 Å². The van der Waals surface area contributed by atoms with E-state index in [1.54, 1.807) is 12.1 Å². The van der Waals surface area contributed by atoms with E-state index >= 15 is 0 Å². The summed E-state index contributed by atoms with van der Waals surface area (Å²) in [6, 6.07) is 7.32. The van der Waals surface area contributed by atoms with Gasteiger partial charge in [0.2, 0.25) is 0 Å². The molecule has 0 aliphatic rings. The van der Waals surface area contributed by atoms with Gasteiger partial charge in [-0.2, -0.15) is 0 Å². The van der Waals surface area contributed by atoms with Crippen molar-refractivity contribution in [2.24, 2.45) is 0 Å². The Morgan fingerprint density at radius 1 is 1.05 bits per heavy atom. The normalized spacial score (nSPS) is 11.1. The van der Waals surface area contributed by atoms with Crippen LogP contribution in [0, 0.1) is 0 Å². The predicted molar refractivity (Wildman–Crippen MR) is 59.5 cm³/mol. The molecule has 1 aromatic carbocycles. The number of aromatic nitrogens is 2. The Kier molecular flexibility index (Phi) is 3.84. The third kappa shape index (κ3) is 4.46. The first-order valence-electron chi connectivity index (χ1n) is 5.27. The van der Waals surface area contributed by atoms with E-state index in [4.69, 9.17) is 4.74 Å². The van der Waals surface area contributed by atoms with Crippen LogP contribution >= 0.6 is 0 Å². The molecule has 100 valence electrons. The Bertz CT molecular complexity index is 532. The molecule has 2 aromatic rings. The summed E-state index contributed by atoms with van der Waals surface area (Å²) in [6.07, 6.45) is -1.70. The van der Waals surface area contributed by atoms with Crippen LogP contribution in [0.2, 0.25) is 0 Å². The summed E-state index contributed by atoms with van der Waals surface area (Å²) >= 11 is 0. The first-order chi connectivity index (χ1) is 9.03. The number of halogens is 3. The van der Waals surface area contributed by atoms with Gasteiger partial charge in [-0.25, -0.2) is 9.97 Å². The van der Waals surface area contributed by atoms with Gasteiger partial charge in [0.25, 0.3) is 0 Å². The van der Waals surface area contributed by atoms with E-state index in [1.807, 2.05) is 0 Å². The minimum atomic E-state index is -4.71. The van der Waals surface area contributed by atoms with Crippen molar-refractivity contribution in [1.29, 1.82) is 0 Å². The standard InChI is InChI=1S/C12H9F3N2O2/c13-12(14,15)19-10-4-1-3-9(7-10)8-18-11-16-5-2-6-17-11/h1-7H,8H2. The second-order valence-electron chi connectivity index (χ2n) is 3.52. The molecule has 2 rings (SSSR count). The Balaban J connectivity index is 1.99. The first kappa shape index (κ1) is 13.1. The van der Waals surface area contributed by atoms with Gasteiger partial charge < -0.3 is 9.47 Å². The molecule has 0 radical (unpaired) electrons. The van der Waals surface area contributed by atoms with Gasteiger partial charge in [0, 0.05) is 12.4 Å². The molecule has 0 aliphatic carbocycles. The van der Waals surface area contributed by atoms with Gasteiger partial charge in [0.05, 0.1) is 0 Å². The lowest BCUT2D eigenvalue weighted by Gasteiger charge is -2.10. The lowest BCUT2D eigenvalue weighted by molar-refractivity contribution is -0.274. The minimum Gasteiger partial charge on any atom is -0.459 e. The molecule has 0 spiro atoms. The van der Waals surface area contributed by atoms with Crippen LogP contribution in [0.5, 0.6) is 11.8 Å². The van der Waals surface area contributed by atoms with Crippen molar-refractivity contribution in [3.8, 4) is 11.8 Å². The summed E-state index contributed by atoms with van der Waals surface area (Å²) in [5.41, 5.74) is 0.522. The maximum Gasteiger partial charge on any atom is 0.573 e. The Labute approximate surface area is 106 Å². The smallest absolute Gasteiger partial charge is 0.459 e. The van der Waals surface area contributed by atoms with Crippen LogP contribution in [0.3, 0.4) is 0 Å². The average molecular weight is 270 g/mol. The highest BCUT2D eigenvalue weighted by Crippen LogP contribution is 2.23. The number of nitrogens with zero attached hydrogens (tertiary/aromatic N) is 2. The summed E-state index contributed by atoms with van der Waals surface area (Å²) in [6.45, 7) is 0.0546. The van der Waals surface area contributed by atoms with Gasteiger partial charge in [-0.1, -0.05) is 12.1 Å². The molecule has 0 amide bonds. The third-order valence-corrected chi connectivity index (χ3v) is 2.04. The van der Waals surface area contributed by atoms with E-state index in [9.17, 15) is 13.2 Å². The molecule has 0 saturated heterocycles. The fourth-order valence-corrected chi connectivity index (χ4v) is 1.34. The fourth-order valence-electron chi connectivity index (χ4n) is 1.34. The fraction of sp³-hybridized carbons (Fsp3) is 0.167. The van der Waals surface area contributed by atoms with Crippen molar-refractivity contribution in [3.05, 3.63) is 48.3 Å². The Morgan fingerprint density at radius 2 is 1.79 bits per heavy atom. The Morgan fingerprint density at radius 3 is 2.47 bits per heavy atom. The van der Waals surface area contributed by atoms with E-state index in [0.29, 0.717) is 5.56 Å². The largest absolute Gasteiger partial charge is 0.573 e. The molecule has 0 unspecified atom stereocenters. The van der Waals surface area contributed by atoms with E-state index in [0.717, 1.165) is 0 Å². The summed E-state index contributed by atoms with van der Waals surface area (Å²) in [4.78, 5) is 7.66. The van der Waals surface area contributed by atoms with Gasteiger partial charge >= 0.3 is 12.4 Å². The molecule has 1 heterocycles. The third-order valence-electron chi connectivity index (χ3n) is 2.04. The quantitative estimate of drug-likeness (QED) is 0.856. The van der Waals surface area contributed by atoms with Crippen LogP contribution in [0.15, 0.2) is 42.7 Å². The molecule has 0 N–H and O–H groups in total. The molecule has 4 nitrogen and oxygen atoms in total. The molecular weight excluding hydrogens is 261 g/mol. The zero-order valence-electron chi connectivity index (χ0n) is 9.59. The molecule has 0 atom stereocenters. The lowest BCUT2D eigenvalue weighted by atomic mass is 10.2. The summed E-state index contributed by atoms with van der Waals surface area (Å²) in [7, 11) is 0. The second kappa shape index (κ2) is 5.55. The molecule has 0 saturated carbocycles. The highest BCUT2D eigenvalue weighted by molar-refractivity contribution is 5.28. The SMILES string of the molecule is FC(F)(F)Oc1cccc(COc2ncccn2)c1. The van der Waals surface area contributed by atoms with Crippen LogP contribution < -0.4 is 9.47 Å². The van der Waals surface area contributed by atoms with E-state index in [2.05, 4.69) is 14.7 Å². The average Bonchev–Trinajstić information content (AvgIpc) is 2.36. The number of ether oxygens (including phenoxy) is 2. The topological polar surface area (TPSA) is 44.2 Å². The summed E-state index contributed by atoms with van der Waals surface area (Å²) in [5.74, 6) is -0.289. The maximum atomic E-state index is 12.1. The second-order valence-corrected chi connectivity index (χ2v) is 3.52. The summed E-state index contributed by atoms with van der Waals surface area (Å²) < 4.78 is 45.2. The van der Waals surface area contributed by atoms with E-state index in [1.165, 1.54) is 30.6 Å². The van der Waals surface area contributed by atoms with Crippen molar-refractivity contribution in [3.63, 3.8) is 0 Å². The summed E-state index contributed by atoms with van der Waals surface area (Å²) in [5, 5.41) is 0. The zero-order valence-corrected chi connectivity index (χ0v) is 9.59. The van der Waals surface area contributed by atoms with Gasteiger partial charge in [-0.15, -0.1) is 13.2 Å². The molecule has 0 fully saturated rings. The number of hydrogen-bond donors (Lipinski definition) is 0. The van der Waals surface area contributed by atoms with Crippen LogP contribution in [-0.2, 0) is 6.61 Å². The van der Waals surface area contributed by atoms with Crippen LogP contribution in [0.4, 0.5) is 13.2 Å². The molecule has 19 heavy (non-hydrogen) atoms. The van der Waals surface area contributed by atoms with Gasteiger partial charge in [-0.3, -0.25) is 0 Å². The number of alkyl halides is 3. The van der Waals surface area contributed by atoms with Crippen LogP contribution in [0.1, 0.15) is 5.56 Å². The molecule has 7 heteroatoms. The highest BCUT2D eigenvalue weighted by atomic mass is 19.4. The number of hydrogen-bond acceptors (Lipinski definition) is 4. The molecule has 1 aromatic heterocycles. The van der Waals surface area contributed by atoms with Crippen molar-refractivity contribution in [2.45, 2.75) is 13.0 Å². The minimum absolute atomic E-state index is 0.0546. The van der Waals surface area contributed by atoms with E-state index < -0.39 is 6.36 Å². The maximum absolute atomic E-state index is 12.1. The van der Waals surface area contributed by atoms with Crippen molar-refractivity contribution < 1.29 is 22.6 Å². The van der Waals surface area contributed by atoms with Crippen LogP contribution in [-0.4, -0.2) is 16.3 Å². The van der Waals surface area contributed by atoms with Gasteiger partial charge in [-0.05, 0) is 23.8 Å². The highest BCUT2D eigenvalue weighted by Gasteiger charge is 2.31. The predicted octanol–water partition coefficient (Wildman–Crippen LogP) is 2.95. The van der Waals surface area contributed by atoms with Gasteiger partial charge in [0.1, 0.15) is 12.4 Å². The monoisotopic (exact) mass is 270 g/mol. The first-order valence-corrected chi connectivity index (χ1v) is 5.27. The Hall–Kier alpha value is -2.31.